The lowest BCUT2D eigenvalue weighted by Gasteiger charge is -2.50. The maximum Gasteiger partial charge on any atom is 0.0971 e. The summed E-state index contributed by atoms with van der Waals surface area (Å²) in [6, 6.07) is 93.7. The van der Waals surface area contributed by atoms with Gasteiger partial charge in [0.2, 0.25) is 0 Å². The summed E-state index contributed by atoms with van der Waals surface area (Å²) in [5, 5.41) is 8.29. The monoisotopic (exact) mass is 972 g/mol. The summed E-state index contributed by atoms with van der Waals surface area (Å²) in [5.41, 5.74) is 1.80. The zero-order valence-electron chi connectivity index (χ0n) is 34.7. The second kappa shape index (κ2) is 19.3. The van der Waals surface area contributed by atoms with E-state index in [0.717, 1.165) is 53.8 Å². The van der Waals surface area contributed by atoms with Crippen molar-refractivity contribution in [2.75, 3.05) is 8.88 Å². The lowest BCUT2D eigenvalue weighted by molar-refractivity contribution is 1.49. The summed E-state index contributed by atoms with van der Waals surface area (Å²) in [5.74, 6) is 0. The fourth-order valence-electron chi connectivity index (χ4n) is 8.28. The van der Waals surface area contributed by atoms with Crippen molar-refractivity contribution in [1.29, 1.82) is 0 Å². The van der Waals surface area contributed by atoms with Gasteiger partial charge in [-0.1, -0.05) is 302 Å². The number of hydrogen-bond acceptors (Lipinski definition) is 4. The van der Waals surface area contributed by atoms with E-state index >= 15 is 0 Å². The summed E-state index contributed by atoms with van der Waals surface area (Å²) in [4.78, 5) is 0. The van der Waals surface area contributed by atoms with Gasteiger partial charge in [-0.25, -0.2) is 0 Å². The molecule has 0 heterocycles. The molecule has 0 N–H and O–H groups in total. The third-order valence-electron chi connectivity index (χ3n) is 11.2. The molecule has 0 fully saturated rings. The molecule has 0 aliphatic carbocycles. The molecule has 0 unspecified atom stereocenters. The van der Waals surface area contributed by atoms with E-state index in [-0.39, 0.29) is 0 Å². The van der Waals surface area contributed by atoms with Gasteiger partial charge in [0.15, 0.2) is 0 Å². The molecule has 0 aliphatic rings. The normalized spacial score (nSPS) is 12.0. The van der Waals surface area contributed by atoms with Gasteiger partial charge < -0.3 is 0 Å². The van der Waals surface area contributed by atoms with Crippen molar-refractivity contribution in [3.05, 3.63) is 267 Å². The van der Waals surface area contributed by atoms with E-state index in [1.54, 1.807) is 0 Å². The van der Waals surface area contributed by atoms with E-state index in [2.05, 4.69) is 276 Å². The van der Waals surface area contributed by atoms with Crippen LogP contribution in [0.15, 0.2) is 267 Å². The molecule has 0 radical (unpaired) electrons. The minimum absolute atomic E-state index is 0.900. The average Bonchev–Trinajstić information content (AvgIpc) is 3.38. The number of para-hydroxylation sites is 2. The minimum Gasteiger partial charge on any atom is -0.298 e. The lowest BCUT2D eigenvalue weighted by Crippen LogP contribution is -2.40. The molecule has 0 spiro atoms. The number of benzene rings is 9. The molecule has 0 aliphatic heterocycles. The van der Waals surface area contributed by atoms with E-state index in [1.807, 2.05) is 0 Å². The second-order valence-corrected chi connectivity index (χ2v) is 32.4. The Morgan fingerprint density at radius 1 is 0.188 bits per heavy atom. The molecule has 9 aromatic carbocycles. The summed E-state index contributed by atoms with van der Waals surface area (Å²) in [6.45, 7) is 0. The Morgan fingerprint density at radius 3 is 0.453 bits per heavy atom. The predicted octanol–water partition coefficient (Wildman–Crippen LogP) is 11.5. The van der Waals surface area contributed by atoms with E-state index in [9.17, 15) is 0 Å². The molecule has 2 nitrogen and oxygen atoms in total. The summed E-state index contributed by atoms with van der Waals surface area (Å²) >= 11 is 30.2. The highest BCUT2D eigenvalue weighted by molar-refractivity contribution is 8.34. The molecule has 0 saturated carbocycles. The Labute approximate surface area is 398 Å². The van der Waals surface area contributed by atoms with Crippen molar-refractivity contribution in [1.82, 2.24) is 0 Å². The van der Waals surface area contributed by atoms with Crippen molar-refractivity contribution in [3.8, 4) is 0 Å². The van der Waals surface area contributed by atoms with Crippen LogP contribution in [0.1, 0.15) is 0 Å². The molecule has 314 valence electrons. The van der Waals surface area contributed by atoms with Crippen LogP contribution in [0.4, 0.5) is 11.4 Å². The molecule has 0 amide bonds. The number of rotatable bonds is 14. The van der Waals surface area contributed by atoms with E-state index in [1.165, 1.54) is 0 Å². The van der Waals surface area contributed by atoms with Crippen LogP contribution in [-0.4, -0.2) is 0 Å². The molecular formula is C54H44N2P4S4. The number of hydrogen-bond donors (Lipinski definition) is 0. The molecule has 9 rings (SSSR count). The zero-order valence-corrected chi connectivity index (χ0v) is 41.6. The summed E-state index contributed by atoms with van der Waals surface area (Å²) in [7, 11) is 0. The zero-order chi connectivity index (χ0) is 44.0. The van der Waals surface area contributed by atoms with Crippen molar-refractivity contribution in [2.24, 2.45) is 0 Å². The van der Waals surface area contributed by atoms with Gasteiger partial charge in [0, 0.05) is 42.4 Å². The van der Waals surface area contributed by atoms with Crippen molar-refractivity contribution in [3.63, 3.8) is 0 Å². The predicted molar refractivity (Wildman–Crippen MR) is 297 cm³/mol. The standard InChI is InChI=1S/C54H44N2P4S4/c61-57(45-27-9-1-10-28-45,46-29-11-2-12-30-46)55(58(62,47-31-13-3-14-32-47)48-33-15-4-16-34-48)53-43-25-26-44-54(53)56(59(63,49-35-17-5-18-36-49)50-37-19-6-20-38-50)60(64,51-39-21-7-22-40-51)52-41-23-8-24-42-52/h1-44H. The molecule has 0 saturated heterocycles. The van der Waals surface area contributed by atoms with Gasteiger partial charge in [-0.05, 0) is 12.1 Å². The smallest absolute Gasteiger partial charge is 0.0971 e. The van der Waals surface area contributed by atoms with Gasteiger partial charge >= 0.3 is 0 Å². The first-order valence-electron chi connectivity index (χ1n) is 20.9. The fraction of sp³-hybridized carbons (Fsp3) is 0. The Hall–Kier alpha value is -4.82. The van der Waals surface area contributed by atoms with Crippen LogP contribution >= 0.6 is 24.8 Å². The molecule has 0 aromatic heterocycles. The minimum atomic E-state index is -3.13. The van der Waals surface area contributed by atoms with Crippen LogP contribution in [0.3, 0.4) is 0 Å². The van der Waals surface area contributed by atoms with E-state index < -0.39 is 24.8 Å². The first-order chi connectivity index (χ1) is 31.3. The number of anilines is 2. The second-order valence-electron chi connectivity index (χ2n) is 15.1. The van der Waals surface area contributed by atoms with Crippen molar-refractivity contribution >= 4 is 126 Å². The molecule has 10 heteroatoms. The lowest BCUT2D eigenvalue weighted by atomic mass is 10.3. The van der Waals surface area contributed by atoms with Crippen LogP contribution in [0.25, 0.3) is 0 Å². The Bertz CT molecular complexity index is 2580. The molecule has 64 heavy (non-hydrogen) atoms. The molecular weight excluding hydrogens is 929 g/mol. The quantitative estimate of drug-likeness (QED) is 0.0995. The molecule has 0 bridgehead atoms. The number of nitrogens with zero attached hydrogens (tertiary/aromatic N) is 2. The third-order valence-corrected chi connectivity index (χ3v) is 33.9. The van der Waals surface area contributed by atoms with Gasteiger partial charge in [-0.2, -0.15) is 0 Å². The fourth-order valence-corrected chi connectivity index (χ4v) is 31.8. The van der Waals surface area contributed by atoms with Gasteiger partial charge in [-0.3, -0.25) is 8.88 Å². The highest BCUT2D eigenvalue weighted by atomic mass is 32.5. The van der Waals surface area contributed by atoms with Crippen molar-refractivity contribution in [2.45, 2.75) is 0 Å². The highest BCUT2D eigenvalue weighted by Crippen LogP contribution is 2.72. The third kappa shape index (κ3) is 8.00. The Balaban J connectivity index is 1.51. The Morgan fingerprint density at radius 2 is 0.312 bits per heavy atom. The molecule has 9 aromatic rings. The van der Waals surface area contributed by atoms with Gasteiger partial charge in [-0.15, -0.1) is 0 Å². The van der Waals surface area contributed by atoms with Crippen LogP contribution in [-0.2, 0) is 47.2 Å². The van der Waals surface area contributed by atoms with Gasteiger partial charge in [0.1, 0.15) is 0 Å². The summed E-state index contributed by atoms with van der Waals surface area (Å²) < 4.78 is 5.07. The maximum absolute atomic E-state index is 7.54. The van der Waals surface area contributed by atoms with E-state index in [4.69, 9.17) is 47.2 Å². The Kier molecular flexibility index (Phi) is 13.4. The maximum atomic E-state index is 7.54. The van der Waals surface area contributed by atoms with Crippen molar-refractivity contribution < 1.29 is 0 Å². The SMILES string of the molecule is S=P(c1ccccc1)(c1ccccc1)N(c1ccccc1N(P(=S)(c1ccccc1)c1ccccc1)P(=S)(c1ccccc1)c1ccccc1)P(=S)(c1ccccc1)c1ccccc1. The average molecular weight is 973 g/mol. The van der Waals surface area contributed by atoms with E-state index in [0.29, 0.717) is 0 Å². The molecule has 0 atom stereocenters. The van der Waals surface area contributed by atoms with Crippen LogP contribution < -0.4 is 51.3 Å². The first-order valence-corrected chi connectivity index (χ1v) is 31.9. The van der Waals surface area contributed by atoms with Crippen LogP contribution in [0.2, 0.25) is 0 Å². The van der Waals surface area contributed by atoms with Crippen LogP contribution in [0.5, 0.6) is 0 Å². The summed E-state index contributed by atoms with van der Waals surface area (Å²) in [6.07, 6.45) is -12.5. The topological polar surface area (TPSA) is 6.48 Å². The first kappa shape index (κ1) is 44.4. The van der Waals surface area contributed by atoms with Gasteiger partial charge in [0.25, 0.3) is 0 Å². The van der Waals surface area contributed by atoms with Crippen LogP contribution in [0, 0.1) is 0 Å². The highest BCUT2D eigenvalue weighted by Gasteiger charge is 2.47. The largest absolute Gasteiger partial charge is 0.298 e. The van der Waals surface area contributed by atoms with Gasteiger partial charge in [0.05, 0.1) is 36.1 Å².